The van der Waals surface area contributed by atoms with E-state index in [2.05, 4.69) is 4.74 Å². The van der Waals surface area contributed by atoms with Crippen LogP contribution in [0.4, 0.5) is 8.78 Å². The number of hydrogen-bond acceptors (Lipinski definition) is 3. The van der Waals surface area contributed by atoms with Crippen LogP contribution in [0.15, 0.2) is 0 Å². The van der Waals surface area contributed by atoms with Crippen LogP contribution in [0.25, 0.3) is 0 Å². The van der Waals surface area contributed by atoms with Crippen LogP contribution >= 0.6 is 0 Å². The average molecular weight is 154 g/mol. The molecule has 1 aliphatic heterocycles. The maximum atomic E-state index is 12.4. The first-order chi connectivity index (χ1) is 4.46. The van der Waals surface area contributed by atoms with E-state index >= 15 is 0 Å². The molecular weight excluding hydrogens is 146 g/mol. The summed E-state index contributed by atoms with van der Waals surface area (Å²) in [6.07, 6.45) is -5.27. The molecule has 1 heterocycles. The highest BCUT2D eigenvalue weighted by Crippen LogP contribution is 2.34. The number of aliphatic hydroxyl groups is 2. The Kier molecular flexibility index (Phi) is 1.66. The van der Waals surface area contributed by atoms with Crippen molar-refractivity contribution in [3.63, 3.8) is 0 Å². The topological polar surface area (TPSA) is 49.7 Å². The molecule has 0 spiro atoms. The van der Waals surface area contributed by atoms with Gasteiger partial charge in [-0.1, -0.05) is 0 Å². The minimum absolute atomic E-state index is 1.10. The molecule has 3 unspecified atom stereocenters. The van der Waals surface area contributed by atoms with Crippen molar-refractivity contribution in [3.8, 4) is 0 Å². The zero-order valence-corrected chi connectivity index (χ0v) is 5.29. The lowest BCUT2D eigenvalue weighted by Crippen LogP contribution is -2.38. The minimum Gasteiger partial charge on any atom is -0.382 e. The van der Waals surface area contributed by atoms with Crippen molar-refractivity contribution in [2.75, 3.05) is 0 Å². The molecule has 5 heteroatoms. The third-order valence-electron chi connectivity index (χ3n) is 1.55. The van der Waals surface area contributed by atoms with Crippen LogP contribution in [0, 0.1) is 0 Å². The third-order valence-corrected chi connectivity index (χ3v) is 1.55. The molecule has 0 saturated carbocycles. The van der Waals surface area contributed by atoms with Gasteiger partial charge in [-0.25, -0.2) is 8.78 Å². The predicted molar refractivity (Wildman–Crippen MR) is 27.5 cm³/mol. The molecular formula is C5H8F2O3. The first-order valence-corrected chi connectivity index (χ1v) is 2.85. The Balaban J connectivity index is 2.75. The summed E-state index contributed by atoms with van der Waals surface area (Å²) in [6.45, 7) is 1.10. The zero-order chi connectivity index (χ0) is 7.94. The number of hydrogen-bond donors (Lipinski definition) is 2. The van der Waals surface area contributed by atoms with Crippen molar-refractivity contribution in [2.45, 2.75) is 31.3 Å². The van der Waals surface area contributed by atoms with Crippen molar-refractivity contribution in [1.82, 2.24) is 0 Å². The predicted octanol–water partition coefficient (Wildman–Crippen LogP) is -0.280. The normalized spacial score (nSPS) is 45.9. The number of rotatable bonds is 0. The highest BCUT2D eigenvalue weighted by molar-refractivity contribution is 4.90. The second-order valence-corrected chi connectivity index (χ2v) is 2.29. The van der Waals surface area contributed by atoms with Crippen LogP contribution in [0.1, 0.15) is 6.92 Å². The highest BCUT2D eigenvalue weighted by atomic mass is 19.3. The summed E-state index contributed by atoms with van der Waals surface area (Å²) in [6, 6.07) is 0. The SMILES string of the molecule is CC1OC(O)C(O)C1(F)F. The van der Waals surface area contributed by atoms with Gasteiger partial charge in [-0.05, 0) is 6.92 Å². The third kappa shape index (κ3) is 0.902. The Morgan fingerprint density at radius 3 is 2.00 bits per heavy atom. The molecule has 1 aliphatic rings. The minimum atomic E-state index is -3.33. The summed E-state index contributed by atoms with van der Waals surface area (Å²) in [4.78, 5) is 0. The quantitative estimate of drug-likeness (QED) is 0.504. The second-order valence-electron chi connectivity index (χ2n) is 2.29. The zero-order valence-electron chi connectivity index (χ0n) is 5.29. The first-order valence-electron chi connectivity index (χ1n) is 2.85. The van der Waals surface area contributed by atoms with E-state index < -0.39 is 24.4 Å². The monoisotopic (exact) mass is 154 g/mol. The summed E-state index contributed by atoms with van der Waals surface area (Å²) in [7, 11) is 0. The van der Waals surface area contributed by atoms with Crippen molar-refractivity contribution in [2.24, 2.45) is 0 Å². The summed E-state index contributed by atoms with van der Waals surface area (Å²) in [5.41, 5.74) is 0. The molecule has 0 aromatic heterocycles. The lowest BCUT2D eigenvalue weighted by atomic mass is 10.1. The lowest BCUT2D eigenvalue weighted by Gasteiger charge is -2.14. The molecule has 2 N–H and O–H groups in total. The lowest BCUT2D eigenvalue weighted by molar-refractivity contribution is -0.130. The van der Waals surface area contributed by atoms with Gasteiger partial charge in [0.15, 0.2) is 12.4 Å². The Bertz CT molecular complexity index is 139. The Labute approximate surface area is 56.2 Å². The standard InChI is InChI=1S/C5H8F2O3/c1-2-5(6,7)3(8)4(9)10-2/h2-4,8-9H,1H3. The first kappa shape index (κ1) is 7.84. The maximum absolute atomic E-state index is 12.4. The van der Waals surface area contributed by atoms with Gasteiger partial charge in [0, 0.05) is 0 Å². The molecule has 0 aromatic carbocycles. The molecule has 0 radical (unpaired) electrons. The average Bonchev–Trinajstić information content (AvgIpc) is 1.97. The van der Waals surface area contributed by atoms with Gasteiger partial charge >= 0.3 is 5.92 Å². The van der Waals surface area contributed by atoms with Crippen LogP contribution in [0.3, 0.4) is 0 Å². The van der Waals surface area contributed by atoms with Crippen molar-refractivity contribution >= 4 is 0 Å². The fourth-order valence-corrected chi connectivity index (χ4v) is 0.805. The molecule has 0 aliphatic carbocycles. The van der Waals surface area contributed by atoms with E-state index in [1.54, 1.807) is 0 Å². The van der Waals surface area contributed by atoms with Gasteiger partial charge in [0.1, 0.15) is 6.10 Å². The smallest absolute Gasteiger partial charge is 0.303 e. The molecule has 0 amide bonds. The van der Waals surface area contributed by atoms with E-state index in [4.69, 9.17) is 10.2 Å². The van der Waals surface area contributed by atoms with Crippen LogP contribution in [-0.4, -0.2) is 34.6 Å². The maximum Gasteiger partial charge on any atom is 0.303 e. The molecule has 0 bridgehead atoms. The molecule has 0 aromatic rings. The molecule has 3 nitrogen and oxygen atoms in total. The van der Waals surface area contributed by atoms with E-state index in [9.17, 15) is 8.78 Å². The van der Waals surface area contributed by atoms with E-state index in [0.29, 0.717) is 0 Å². The van der Waals surface area contributed by atoms with Gasteiger partial charge in [0.25, 0.3) is 0 Å². The number of alkyl halides is 2. The van der Waals surface area contributed by atoms with Crippen LogP contribution in [-0.2, 0) is 4.74 Å². The summed E-state index contributed by atoms with van der Waals surface area (Å²) in [5.74, 6) is -3.33. The van der Waals surface area contributed by atoms with Gasteiger partial charge in [-0.2, -0.15) is 0 Å². The van der Waals surface area contributed by atoms with Gasteiger partial charge in [0.05, 0.1) is 0 Å². The van der Waals surface area contributed by atoms with E-state index in [0.717, 1.165) is 6.92 Å². The van der Waals surface area contributed by atoms with E-state index in [-0.39, 0.29) is 0 Å². The Hall–Kier alpha value is -0.260. The largest absolute Gasteiger partial charge is 0.382 e. The van der Waals surface area contributed by atoms with Crippen molar-refractivity contribution in [3.05, 3.63) is 0 Å². The second kappa shape index (κ2) is 2.11. The Morgan fingerprint density at radius 1 is 1.40 bits per heavy atom. The van der Waals surface area contributed by atoms with E-state index in [1.807, 2.05) is 0 Å². The number of halogens is 2. The molecule has 3 atom stereocenters. The fourth-order valence-electron chi connectivity index (χ4n) is 0.805. The van der Waals surface area contributed by atoms with E-state index in [1.165, 1.54) is 0 Å². The number of aliphatic hydroxyl groups excluding tert-OH is 2. The molecule has 1 fully saturated rings. The van der Waals surface area contributed by atoms with Crippen molar-refractivity contribution in [1.29, 1.82) is 0 Å². The molecule has 1 rings (SSSR count). The van der Waals surface area contributed by atoms with Crippen LogP contribution in [0.2, 0.25) is 0 Å². The molecule has 60 valence electrons. The summed E-state index contributed by atoms with van der Waals surface area (Å²) < 4.78 is 29.1. The fraction of sp³-hybridized carbons (Fsp3) is 1.00. The highest BCUT2D eigenvalue weighted by Gasteiger charge is 2.55. The molecule has 1 saturated heterocycles. The molecule has 10 heavy (non-hydrogen) atoms. The van der Waals surface area contributed by atoms with Crippen LogP contribution in [0.5, 0.6) is 0 Å². The van der Waals surface area contributed by atoms with Crippen molar-refractivity contribution < 1.29 is 23.7 Å². The summed E-state index contributed by atoms with van der Waals surface area (Å²) >= 11 is 0. The van der Waals surface area contributed by atoms with Gasteiger partial charge < -0.3 is 14.9 Å². The van der Waals surface area contributed by atoms with Gasteiger partial charge in [0.2, 0.25) is 0 Å². The van der Waals surface area contributed by atoms with Gasteiger partial charge in [-0.3, -0.25) is 0 Å². The summed E-state index contributed by atoms with van der Waals surface area (Å²) in [5, 5.41) is 17.1. The Morgan fingerprint density at radius 2 is 1.90 bits per heavy atom. The van der Waals surface area contributed by atoms with Gasteiger partial charge in [-0.15, -0.1) is 0 Å². The number of ether oxygens (including phenoxy) is 1. The van der Waals surface area contributed by atoms with Crippen LogP contribution < -0.4 is 0 Å².